The SMILES string of the molecule is Cc1ccc(CNc2ccc(NS(=O)(=O)c3ccc(C)cc3C)nc2)cc1. The molecule has 3 rings (SSSR count). The molecule has 0 saturated carbocycles. The number of nitrogens with zero attached hydrogens (tertiary/aromatic N) is 1. The second-order valence-electron chi connectivity index (χ2n) is 6.65. The number of sulfonamides is 1. The van der Waals surface area contributed by atoms with E-state index in [9.17, 15) is 8.42 Å². The van der Waals surface area contributed by atoms with E-state index in [2.05, 4.69) is 46.2 Å². The number of nitrogens with one attached hydrogen (secondary N) is 2. The molecule has 0 spiro atoms. The predicted octanol–water partition coefficient (Wildman–Crippen LogP) is 4.42. The van der Waals surface area contributed by atoms with E-state index >= 15 is 0 Å². The number of benzene rings is 2. The van der Waals surface area contributed by atoms with E-state index < -0.39 is 10.0 Å². The Kier molecular flexibility index (Phi) is 5.46. The Morgan fingerprint density at radius 3 is 2.22 bits per heavy atom. The maximum absolute atomic E-state index is 12.6. The van der Waals surface area contributed by atoms with Crippen molar-refractivity contribution >= 4 is 21.5 Å². The van der Waals surface area contributed by atoms with E-state index in [1.165, 1.54) is 11.1 Å². The summed E-state index contributed by atoms with van der Waals surface area (Å²) >= 11 is 0. The zero-order valence-electron chi connectivity index (χ0n) is 15.7. The average molecular weight is 382 g/mol. The molecule has 1 heterocycles. The van der Waals surface area contributed by atoms with Crippen molar-refractivity contribution in [3.05, 3.63) is 83.0 Å². The van der Waals surface area contributed by atoms with Gasteiger partial charge in [0.05, 0.1) is 16.8 Å². The Morgan fingerprint density at radius 1 is 0.889 bits per heavy atom. The number of rotatable bonds is 6. The first-order valence-corrected chi connectivity index (χ1v) is 10.2. The number of hydrogen-bond acceptors (Lipinski definition) is 4. The molecule has 0 unspecified atom stereocenters. The Bertz CT molecular complexity index is 1030. The first-order valence-electron chi connectivity index (χ1n) is 8.69. The van der Waals surface area contributed by atoms with Crippen LogP contribution in [0.25, 0.3) is 0 Å². The van der Waals surface area contributed by atoms with E-state index in [0.29, 0.717) is 12.1 Å². The van der Waals surface area contributed by atoms with Crippen LogP contribution in [0.4, 0.5) is 11.5 Å². The highest BCUT2D eigenvalue weighted by Gasteiger charge is 2.17. The first kappa shape index (κ1) is 18.9. The van der Waals surface area contributed by atoms with Crippen molar-refractivity contribution in [3.63, 3.8) is 0 Å². The van der Waals surface area contributed by atoms with Crippen LogP contribution in [-0.4, -0.2) is 13.4 Å². The first-order chi connectivity index (χ1) is 12.8. The zero-order valence-corrected chi connectivity index (χ0v) is 16.5. The van der Waals surface area contributed by atoms with Gasteiger partial charge >= 0.3 is 0 Å². The van der Waals surface area contributed by atoms with Gasteiger partial charge in [-0.25, -0.2) is 13.4 Å². The summed E-state index contributed by atoms with van der Waals surface area (Å²) in [5.74, 6) is 0.288. The monoisotopic (exact) mass is 381 g/mol. The molecule has 3 aromatic rings. The second-order valence-corrected chi connectivity index (χ2v) is 8.30. The van der Waals surface area contributed by atoms with Gasteiger partial charge < -0.3 is 5.32 Å². The quantitative estimate of drug-likeness (QED) is 0.663. The van der Waals surface area contributed by atoms with Gasteiger partial charge in [-0.2, -0.15) is 0 Å². The maximum atomic E-state index is 12.6. The van der Waals surface area contributed by atoms with Gasteiger partial charge in [-0.3, -0.25) is 4.72 Å². The van der Waals surface area contributed by atoms with Crippen molar-refractivity contribution < 1.29 is 8.42 Å². The third-order valence-corrected chi connectivity index (χ3v) is 5.75. The molecule has 5 nitrogen and oxygen atoms in total. The van der Waals surface area contributed by atoms with Crippen LogP contribution in [-0.2, 0) is 16.6 Å². The molecule has 0 atom stereocenters. The summed E-state index contributed by atoms with van der Waals surface area (Å²) in [6, 6.07) is 17.0. The maximum Gasteiger partial charge on any atom is 0.263 e. The lowest BCUT2D eigenvalue weighted by Gasteiger charge is -2.11. The van der Waals surface area contributed by atoms with E-state index in [0.717, 1.165) is 11.3 Å². The molecule has 0 bridgehead atoms. The molecule has 0 aliphatic rings. The molecule has 2 aromatic carbocycles. The molecule has 0 radical (unpaired) electrons. The highest BCUT2D eigenvalue weighted by molar-refractivity contribution is 7.92. The molecule has 0 fully saturated rings. The molecule has 0 aliphatic carbocycles. The van der Waals surface area contributed by atoms with Gasteiger partial charge in [-0.05, 0) is 50.1 Å². The van der Waals surface area contributed by atoms with Crippen molar-refractivity contribution in [2.24, 2.45) is 0 Å². The van der Waals surface area contributed by atoms with E-state index in [-0.39, 0.29) is 10.7 Å². The summed E-state index contributed by atoms with van der Waals surface area (Å²) in [6.07, 6.45) is 1.62. The number of aryl methyl sites for hydroxylation is 3. The topological polar surface area (TPSA) is 71.1 Å². The summed E-state index contributed by atoms with van der Waals surface area (Å²) in [7, 11) is -3.67. The normalized spacial score (nSPS) is 11.2. The molecular weight excluding hydrogens is 358 g/mol. The minimum Gasteiger partial charge on any atom is -0.380 e. The molecule has 27 heavy (non-hydrogen) atoms. The van der Waals surface area contributed by atoms with Gasteiger partial charge in [0.1, 0.15) is 5.82 Å². The highest BCUT2D eigenvalue weighted by atomic mass is 32.2. The lowest BCUT2D eigenvalue weighted by molar-refractivity contribution is 0.600. The fourth-order valence-electron chi connectivity index (χ4n) is 2.76. The van der Waals surface area contributed by atoms with Gasteiger partial charge in [0.2, 0.25) is 0 Å². The molecule has 1 aromatic heterocycles. The largest absolute Gasteiger partial charge is 0.380 e. The van der Waals surface area contributed by atoms with Crippen molar-refractivity contribution in [1.82, 2.24) is 4.98 Å². The van der Waals surface area contributed by atoms with Crippen LogP contribution >= 0.6 is 0 Å². The number of pyridine rings is 1. The van der Waals surface area contributed by atoms with Gasteiger partial charge in [-0.15, -0.1) is 0 Å². The standard InChI is InChI=1S/C21H23N3O2S/c1-15-4-7-18(8-5-15)13-22-19-9-11-21(23-14-19)24-27(25,26)20-10-6-16(2)12-17(20)3/h4-12,14,22H,13H2,1-3H3,(H,23,24). The van der Waals surface area contributed by atoms with Crippen LogP contribution < -0.4 is 10.0 Å². The summed E-state index contributed by atoms with van der Waals surface area (Å²) in [4.78, 5) is 4.47. The second kappa shape index (κ2) is 7.80. The van der Waals surface area contributed by atoms with Crippen LogP contribution in [0.3, 0.4) is 0 Å². The van der Waals surface area contributed by atoms with Gasteiger partial charge in [-0.1, -0.05) is 47.5 Å². The number of hydrogen-bond donors (Lipinski definition) is 2. The van der Waals surface area contributed by atoms with Crippen molar-refractivity contribution in [2.75, 3.05) is 10.0 Å². The van der Waals surface area contributed by atoms with Gasteiger partial charge in [0.15, 0.2) is 0 Å². The summed E-state index contributed by atoms with van der Waals surface area (Å²) in [5.41, 5.74) is 4.94. The Labute approximate surface area is 160 Å². The zero-order chi connectivity index (χ0) is 19.4. The van der Waals surface area contributed by atoms with Crippen LogP contribution in [0.2, 0.25) is 0 Å². The van der Waals surface area contributed by atoms with Gasteiger partial charge in [0.25, 0.3) is 10.0 Å². The van der Waals surface area contributed by atoms with E-state index in [1.54, 1.807) is 37.4 Å². The number of aromatic nitrogens is 1. The smallest absolute Gasteiger partial charge is 0.263 e. The third-order valence-electron chi connectivity index (χ3n) is 4.24. The molecule has 2 N–H and O–H groups in total. The minimum atomic E-state index is -3.67. The lowest BCUT2D eigenvalue weighted by atomic mass is 10.1. The average Bonchev–Trinajstić information content (AvgIpc) is 2.62. The molecule has 140 valence electrons. The van der Waals surface area contributed by atoms with Crippen LogP contribution in [0.1, 0.15) is 22.3 Å². The number of anilines is 2. The lowest BCUT2D eigenvalue weighted by Crippen LogP contribution is -2.15. The van der Waals surface area contributed by atoms with Crippen LogP contribution in [0, 0.1) is 20.8 Å². The fraction of sp³-hybridized carbons (Fsp3) is 0.190. The Morgan fingerprint density at radius 2 is 1.59 bits per heavy atom. The minimum absolute atomic E-state index is 0.261. The van der Waals surface area contributed by atoms with Crippen LogP contribution in [0.5, 0.6) is 0 Å². The predicted molar refractivity (Wildman–Crippen MR) is 109 cm³/mol. The third kappa shape index (κ3) is 4.86. The molecule has 0 saturated heterocycles. The van der Waals surface area contributed by atoms with Crippen molar-refractivity contribution in [2.45, 2.75) is 32.2 Å². The molecule has 6 heteroatoms. The van der Waals surface area contributed by atoms with E-state index in [1.807, 2.05) is 13.0 Å². The van der Waals surface area contributed by atoms with Crippen molar-refractivity contribution in [1.29, 1.82) is 0 Å². The molecule has 0 aliphatic heterocycles. The Balaban J connectivity index is 1.67. The van der Waals surface area contributed by atoms with Crippen molar-refractivity contribution in [3.8, 4) is 0 Å². The van der Waals surface area contributed by atoms with Gasteiger partial charge in [0, 0.05) is 6.54 Å². The van der Waals surface area contributed by atoms with Crippen LogP contribution in [0.15, 0.2) is 65.7 Å². The van der Waals surface area contributed by atoms with E-state index in [4.69, 9.17) is 0 Å². The summed E-state index contributed by atoms with van der Waals surface area (Å²) in [6.45, 7) is 6.45. The fourth-order valence-corrected chi connectivity index (χ4v) is 4.00. The summed E-state index contributed by atoms with van der Waals surface area (Å²) < 4.78 is 27.7. The molecule has 0 amide bonds. The summed E-state index contributed by atoms with van der Waals surface area (Å²) in [5, 5.41) is 3.28. The molecular formula is C21H23N3O2S. The highest BCUT2D eigenvalue weighted by Crippen LogP contribution is 2.20. The Hall–Kier alpha value is -2.86.